The summed E-state index contributed by atoms with van der Waals surface area (Å²) in [6, 6.07) is 6.46. The van der Waals surface area contributed by atoms with Crippen LogP contribution in [0.4, 0.5) is 5.69 Å². The second-order valence-electron chi connectivity index (χ2n) is 3.42. The number of nitro groups is 1. The first-order valence-corrected chi connectivity index (χ1v) is 4.94. The van der Waals surface area contributed by atoms with Crippen molar-refractivity contribution in [3.05, 3.63) is 39.9 Å². The topological polar surface area (TPSA) is 69.2 Å². The van der Waals surface area contributed by atoms with Crippen LogP contribution in [0.1, 0.15) is 24.8 Å². The van der Waals surface area contributed by atoms with Gasteiger partial charge in [0.15, 0.2) is 0 Å². The van der Waals surface area contributed by atoms with Gasteiger partial charge in [0.1, 0.15) is 0 Å². The van der Waals surface area contributed by atoms with Crippen LogP contribution in [-0.4, -0.2) is 9.91 Å². The molecule has 2 N–H and O–H groups in total. The Morgan fingerprint density at radius 1 is 1.53 bits per heavy atom. The molecule has 0 spiro atoms. The van der Waals surface area contributed by atoms with E-state index >= 15 is 0 Å². The average Bonchev–Trinajstić information content (AvgIpc) is 2.17. The highest BCUT2D eigenvalue weighted by Crippen LogP contribution is 2.21. The van der Waals surface area contributed by atoms with E-state index in [0.717, 1.165) is 5.56 Å². The third-order valence-electron chi connectivity index (χ3n) is 2.18. The predicted molar refractivity (Wildman–Crippen MR) is 62.9 cm³/mol. The van der Waals surface area contributed by atoms with Gasteiger partial charge >= 0.3 is 0 Å². The van der Waals surface area contributed by atoms with Gasteiger partial charge in [-0.1, -0.05) is 31.3 Å². The molecule has 0 bridgehead atoms. The lowest BCUT2D eigenvalue weighted by molar-refractivity contribution is -0.384. The summed E-state index contributed by atoms with van der Waals surface area (Å²) in [6.45, 7) is 1.99. The van der Waals surface area contributed by atoms with E-state index in [1.54, 1.807) is 12.1 Å². The molecule has 0 aromatic heterocycles. The molecule has 80 valence electrons. The van der Waals surface area contributed by atoms with Gasteiger partial charge in [-0.05, 0) is 11.5 Å². The summed E-state index contributed by atoms with van der Waals surface area (Å²) in [6.07, 6.45) is 0.618. The van der Waals surface area contributed by atoms with Gasteiger partial charge in [0.05, 0.1) is 9.91 Å². The Morgan fingerprint density at radius 2 is 2.07 bits per heavy atom. The zero-order chi connectivity index (χ0) is 11.4. The van der Waals surface area contributed by atoms with E-state index in [1.165, 1.54) is 12.1 Å². The number of thiocarbonyl (C=S) groups is 1. The van der Waals surface area contributed by atoms with Crippen molar-refractivity contribution in [2.75, 3.05) is 0 Å². The number of hydrogen-bond donors (Lipinski definition) is 1. The molecule has 1 aromatic rings. The summed E-state index contributed by atoms with van der Waals surface area (Å²) < 4.78 is 0. The molecule has 0 saturated heterocycles. The maximum Gasteiger partial charge on any atom is 0.269 e. The highest BCUT2D eigenvalue weighted by molar-refractivity contribution is 7.80. The lowest BCUT2D eigenvalue weighted by Gasteiger charge is -2.09. The van der Waals surface area contributed by atoms with Crippen molar-refractivity contribution in [1.29, 1.82) is 0 Å². The first-order valence-electron chi connectivity index (χ1n) is 4.53. The van der Waals surface area contributed by atoms with E-state index in [1.807, 2.05) is 6.92 Å². The Kier molecular flexibility index (Phi) is 3.74. The Morgan fingerprint density at radius 3 is 2.47 bits per heavy atom. The van der Waals surface area contributed by atoms with Crippen LogP contribution < -0.4 is 5.73 Å². The number of benzene rings is 1. The predicted octanol–water partition coefficient (Wildman–Crippen LogP) is 2.37. The molecule has 1 aromatic carbocycles. The number of non-ortho nitro benzene ring substituents is 1. The van der Waals surface area contributed by atoms with Crippen molar-refractivity contribution < 1.29 is 4.92 Å². The molecule has 0 fully saturated rings. The largest absolute Gasteiger partial charge is 0.393 e. The molecule has 15 heavy (non-hydrogen) atoms. The fourth-order valence-corrected chi connectivity index (χ4v) is 1.59. The smallest absolute Gasteiger partial charge is 0.269 e. The van der Waals surface area contributed by atoms with E-state index < -0.39 is 4.92 Å². The Balaban J connectivity index is 2.79. The van der Waals surface area contributed by atoms with Gasteiger partial charge in [-0.2, -0.15) is 0 Å². The SMILES string of the molecule is CC(CC(N)=S)c1ccc([N+](=O)[O-])cc1. The van der Waals surface area contributed by atoms with E-state index in [2.05, 4.69) is 0 Å². The third kappa shape index (κ3) is 3.28. The Hall–Kier alpha value is -1.49. The van der Waals surface area contributed by atoms with Gasteiger partial charge in [0.2, 0.25) is 0 Å². The Labute approximate surface area is 93.2 Å². The fourth-order valence-electron chi connectivity index (χ4n) is 1.34. The maximum atomic E-state index is 10.4. The molecule has 0 saturated carbocycles. The summed E-state index contributed by atoms with van der Waals surface area (Å²) in [4.78, 5) is 10.5. The molecule has 0 heterocycles. The first kappa shape index (κ1) is 11.6. The Bertz CT molecular complexity index is 376. The highest BCUT2D eigenvalue weighted by Gasteiger charge is 2.09. The van der Waals surface area contributed by atoms with Crippen LogP contribution in [0.5, 0.6) is 0 Å². The van der Waals surface area contributed by atoms with Crippen LogP contribution in [0.25, 0.3) is 0 Å². The third-order valence-corrected chi connectivity index (χ3v) is 2.35. The summed E-state index contributed by atoms with van der Waals surface area (Å²) in [5.41, 5.74) is 6.54. The zero-order valence-corrected chi connectivity index (χ0v) is 9.16. The molecular weight excluding hydrogens is 212 g/mol. The van der Waals surface area contributed by atoms with E-state index in [9.17, 15) is 10.1 Å². The second-order valence-corrected chi connectivity index (χ2v) is 3.94. The summed E-state index contributed by atoms with van der Waals surface area (Å²) >= 11 is 4.81. The average molecular weight is 224 g/mol. The van der Waals surface area contributed by atoms with Crippen molar-refractivity contribution in [2.45, 2.75) is 19.3 Å². The normalized spacial score (nSPS) is 12.1. The standard InChI is InChI=1S/C10H12N2O2S/c1-7(6-10(11)15)8-2-4-9(5-3-8)12(13)14/h2-5,7H,6H2,1H3,(H2,11,15). The van der Waals surface area contributed by atoms with Crippen LogP contribution >= 0.6 is 12.2 Å². The molecule has 0 radical (unpaired) electrons. The second kappa shape index (κ2) is 4.84. The van der Waals surface area contributed by atoms with Gasteiger partial charge in [-0.15, -0.1) is 0 Å². The van der Waals surface area contributed by atoms with Crippen LogP contribution in [0.2, 0.25) is 0 Å². The minimum atomic E-state index is -0.415. The number of rotatable bonds is 4. The minimum absolute atomic E-state index is 0.0984. The molecule has 0 aliphatic rings. The van der Waals surface area contributed by atoms with Gasteiger partial charge in [-0.3, -0.25) is 10.1 Å². The van der Waals surface area contributed by atoms with E-state index in [4.69, 9.17) is 18.0 Å². The van der Waals surface area contributed by atoms with Crippen molar-refractivity contribution in [3.8, 4) is 0 Å². The lowest BCUT2D eigenvalue weighted by atomic mass is 9.98. The number of nitrogens with two attached hydrogens (primary N) is 1. The number of hydrogen-bond acceptors (Lipinski definition) is 3. The number of nitrogens with zero attached hydrogens (tertiary/aromatic N) is 1. The lowest BCUT2D eigenvalue weighted by Crippen LogP contribution is -2.11. The molecule has 1 atom stereocenters. The van der Waals surface area contributed by atoms with Gasteiger partial charge in [0, 0.05) is 18.6 Å². The molecule has 1 unspecified atom stereocenters. The molecule has 0 aliphatic heterocycles. The molecule has 5 heteroatoms. The van der Waals surface area contributed by atoms with E-state index in [0.29, 0.717) is 11.4 Å². The summed E-state index contributed by atoms with van der Waals surface area (Å²) in [5, 5.41) is 10.4. The van der Waals surface area contributed by atoms with Crippen molar-refractivity contribution in [3.63, 3.8) is 0 Å². The molecule has 4 nitrogen and oxygen atoms in total. The van der Waals surface area contributed by atoms with Crippen LogP contribution in [0, 0.1) is 10.1 Å². The summed E-state index contributed by atoms with van der Waals surface area (Å²) in [5.74, 6) is 0.198. The quantitative estimate of drug-likeness (QED) is 0.484. The zero-order valence-electron chi connectivity index (χ0n) is 8.34. The van der Waals surface area contributed by atoms with E-state index in [-0.39, 0.29) is 11.6 Å². The van der Waals surface area contributed by atoms with Crippen LogP contribution in [0.15, 0.2) is 24.3 Å². The van der Waals surface area contributed by atoms with Gasteiger partial charge in [-0.25, -0.2) is 0 Å². The monoisotopic (exact) mass is 224 g/mol. The van der Waals surface area contributed by atoms with Crippen LogP contribution in [-0.2, 0) is 0 Å². The van der Waals surface area contributed by atoms with Crippen molar-refractivity contribution in [2.24, 2.45) is 5.73 Å². The molecule has 0 aliphatic carbocycles. The van der Waals surface area contributed by atoms with Crippen molar-refractivity contribution >= 4 is 22.9 Å². The molecular formula is C10H12N2O2S. The van der Waals surface area contributed by atoms with Gasteiger partial charge in [0.25, 0.3) is 5.69 Å². The first-order chi connectivity index (χ1) is 7.00. The molecule has 0 amide bonds. The molecule has 1 rings (SSSR count). The maximum absolute atomic E-state index is 10.4. The summed E-state index contributed by atoms with van der Waals surface area (Å²) in [7, 11) is 0. The van der Waals surface area contributed by atoms with Gasteiger partial charge < -0.3 is 5.73 Å². The van der Waals surface area contributed by atoms with Crippen molar-refractivity contribution in [1.82, 2.24) is 0 Å². The highest BCUT2D eigenvalue weighted by atomic mass is 32.1. The minimum Gasteiger partial charge on any atom is -0.393 e. The fraction of sp³-hybridized carbons (Fsp3) is 0.300. The van der Waals surface area contributed by atoms with Crippen LogP contribution in [0.3, 0.4) is 0 Å². The number of nitro benzene ring substituents is 1.